The maximum absolute atomic E-state index is 12.5. The van der Waals surface area contributed by atoms with E-state index in [0.29, 0.717) is 40.4 Å². The fraction of sp³-hybridized carbons (Fsp3) is 0.235. The zero-order valence-corrected chi connectivity index (χ0v) is 13.9. The molecule has 0 aromatic heterocycles. The number of carbonyl (C=O) groups excluding carboxylic acids is 1. The fourth-order valence-electron chi connectivity index (χ4n) is 2.03. The quantitative estimate of drug-likeness (QED) is 0.689. The topological polar surface area (TPSA) is 50.4 Å². The number of anilines is 2. The summed E-state index contributed by atoms with van der Waals surface area (Å²) in [5.41, 5.74) is 1.07. The lowest BCUT2D eigenvalue weighted by Crippen LogP contribution is -2.22. The Hall–Kier alpha value is -2.28. The van der Waals surface area contributed by atoms with Crippen LogP contribution in [0.15, 0.2) is 53.4 Å². The molecule has 128 valence electrons. The molecule has 0 aliphatic carbocycles. The van der Waals surface area contributed by atoms with Gasteiger partial charge in [-0.25, -0.2) is 0 Å². The minimum atomic E-state index is -2.54. The van der Waals surface area contributed by atoms with Crippen LogP contribution >= 0.6 is 11.8 Å². The van der Waals surface area contributed by atoms with Crippen molar-refractivity contribution in [2.24, 2.45) is 0 Å². The van der Waals surface area contributed by atoms with E-state index < -0.39 is 5.76 Å². The van der Waals surface area contributed by atoms with Gasteiger partial charge in [-0.1, -0.05) is 36.0 Å². The predicted molar refractivity (Wildman–Crippen MR) is 93.0 cm³/mol. The molecule has 2 aromatic rings. The van der Waals surface area contributed by atoms with Crippen LogP contribution in [0.1, 0.15) is 6.92 Å². The van der Waals surface area contributed by atoms with Crippen molar-refractivity contribution >= 4 is 29.0 Å². The third-order valence-electron chi connectivity index (χ3n) is 3.00. The highest BCUT2D eigenvalue weighted by Gasteiger charge is 2.12. The van der Waals surface area contributed by atoms with Crippen LogP contribution in [0.5, 0.6) is 5.75 Å². The van der Waals surface area contributed by atoms with Gasteiger partial charge in [-0.2, -0.15) is 8.78 Å². The average molecular weight is 352 g/mol. The van der Waals surface area contributed by atoms with Crippen molar-refractivity contribution in [3.05, 3.63) is 48.5 Å². The summed E-state index contributed by atoms with van der Waals surface area (Å²) >= 11 is 0.402. The summed E-state index contributed by atoms with van der Waals surface area (Å²) in [4.78, 5) is 12.4. The Morgan fingerprint density at radius 1 is 1.12 bits per heavy atom. The number of ether oxygens (including phenoxy) is 1. The number of para-hydroxylation sites is 3. The first kappa shape index (κ1) is 18.1. The molecule has 7 heteroatoms. The summed E-state index contributed by atoms with van der Waals surface area (Å²) in [6.07, 6.45) is 0. The lowest BCUT2D eigenvalue weighted by molar-refractivity contribution is -0.114. The van der Waals surface area contributed by atoms with Gasteiger partial charge in [-0.15, -0.1) is 0 Å². The van der Waals surface area contributed by atoms with Gasteiger partial charge in [0.1, 0.15) is 5.75 Å². The Balaban J connectivity index is 1.97. The van der Waals surface area contributed by atoms with Crippen LogP contribution in [-0.4, -0.2) is 24.8 Å². The molecule has 0 radical (unpaired) electrons. The molecule has 4 nitrogen and oxygen atoms in total. The fourth-order valence-corrected chi connectivity index (χ4v) is 2.63. The second-order valence-corrected chi connectivity index (χ2v) is 5.74. The summed E-state index contributed by atoms with van der Waals surface area (Å²) in [6.45, 7) is 2.39. The maximum atomic E-state index is 12.5. The summed E-state index contributed by atoms with van der Waals surface area (Å²) in [5, 5.41) is 5.63. The molecule has 2 aromatic carbocycles. The van der Waals surface area contributed by atoms with Gasteiger partial charge in [0, 0.05) is 4.90 Å². The van der Waals surface area contributed by atoms with Crippen molar-refractivity contribution in [3.63, 3.8) is 0 Å². The van der Waals surface area contributed by atoms with Crippen LogP contribution in [0.25, 0.3) is 0 Å². The molecular weight excluding hydrogens is 334 g/mol. The highest BCUT2D eigenvalue weighted by molar-refractivity contribution is 7.99. The number of hydrogen-bond acceptors (Lipinski definition) is 4. The summed E-state index contributed by atoms with van der Waals surface area (Å²) < 4.78 is 30.6. The van der Waals surface area contributed by atoms with Crippen molar-refractivity contribution in [2.75, 3.05) is 23.8 Å². The van der Waals surface area contributed by atoms with Gasteiger partial charge in [-0.05, 0) is 31.2 Å². The van der Waals surface area contributed by atoms with Gasteiger partial charge >= 0.3 is 0 Å². The number of halogens is 2. The van der Waals surface area contributed by atoms with Gasteiger partial charge in [0.25, 0.3) is 5.76 Å². The van der Waals surface area contributed by atoms with Crippen molar-refractivity contribution in [2.45, 2.75) is 17.6 Å². The molecular formula is C17H18F2N2O2S. The lowest BCUT2D eigenvalue weighted by Gasteiger charge is -2.13. The van der Waals surface area contributed by atoms with Crippen molar-refractivity contribution < 1.29 is 18.3 Å². The monoisotopic (exact) mass is 352 g/mol. The van der Waals surface area contributed by atoms with Crippen molar-refractivity contribution in [1.29, 1.82) is 0 Å². The van der Waals surface area contributed by atoms with E-state index in [4.69, 9.17) is 4.74 Å². The Labute approximate surface area is 143 Å². The van der Waals surface area contributed by atoms with Crippen molar-refractivity contribution in [3.8, 4) is 5.75 Å². The first-order chi connectivity index (χ1) is 11.6. The molecule has 0 heterocycles. The first-order valence-corrected chi connectivity index (χ1v) is 8.27. The van der Waals surface area contributed by atoms with Gasteiger partial charge in [0.15, 0.2) is 0 Å². The number of nitrogens with one attached hydrogen (secondary N) is 2. The minimum Gasteiger partial charge on any atom is -0.492 e. The SMILES string of the molecule is CCOc1ccccc1NCC(=O)Nc1ccccc1SC(F)F. The van der Waals surface area contributed by atoms with Crippen LogP contribution in [0.2, 0.25) is 0 Å². The number of thioether (sulfide) groups is 1. The van der Waals surface area contributed by atoms with Crippen LogP contribution < -0.4 is 15.4 Å². The highest BCUT2D eigenvalue weighted by atomic mass is 32.2. The van der Waals surface area contributed by atoms with Crippen molar-refractivity contribution in [1.82, 2.24) is 0 Å². The van der Waals surface area contributed by atoms with Gasteiger partial charge in [0.2, 0.25) is 5.91 Å². The molecule has 0 atom stereocenters. The Bertz CT molecular complexity index is 683. The first-order valence-electron chi connectivity index (χ1n) is 7.39. The maximum Gasteiger partial charge on any atom is 0.288 e. The molecule has 0 aliphatic rings. The standard InChI is InChI=1S/C17H18F2N2O2S/c1-2-23-14-9-5-3-7-12(14)20-11-16(22)21-13-8-4-6-10-15(13)24-17(18)19/h3-10,17,20H,2,11H2,1H3,(H,21,22). The summed E-state index contributed by atoms with van der Waals surface area (Å²) in [6, 6.07) is 13.8. The van der Waals surface area contributed by atoms with E-state index in [-0.39, 0.29) is 12.5 Å². The zero-order valence-electron chi connectivity index (χ0n) is 13.1. The molecule has 24 heavy (non-hydrogen) atoms. The van der Waals surface area contributed by atoms with Gasteiger partial charge in [0.05, 0.1) is 24.5 Å². The second-order valence-electron chi connectivity index (χ2n) is 4.71. The average Bonchev–Trinajstić information content (AvgIpc) is 2.56. The van der Waals surface area contributed by atoms with E-state index in [1.54, 1.807) is 36.4 Å². The number of alkyl halides is 2. The van der Waals surface area contributed by atoms with E-state index in [0.717, 1.165) is 0 Å². The summed E-state index contributed by atoms with van der Waals surface area (Å²) in [7, 11) is 0. The van der Waals surface area contributed by atoms with Crippen LogP contribution in [0.4, 0.5) is 20.2 Å². The van der Waals surface area contributed by atoms with Crippen LogP contribution in [-0.2, 0) is 4.79 Å². The third kappa shape index (κ3) is 5.42. The Morgan fingerprint density at radius 2 is 1.79 bits per heavy atom. The predicted octanol–water partition coefficient (Wildman–Crippen LogP) is 4.45. The second kappa shape index (κ2) is 9.12. The normalized spacial score (nSPS) is 10.5. The van der Waals surface area contributed by atoms with E-state index in [9.17, 15) is 13.6 Å². The molecule has 0 saturated heterocycles. The Morgan fingerprint density at radius 3 is 2.50 bits per heavy atom. The molecule has 0 saturated carbocycles. The minimum absolute atomic E-state index is 0.00222. The molecule has 0 spiro atoms. The molecule has 2 N–H and O–H groups in total. The molecule has 0 bridgehead atoms. The number of carbonyl (C=O) groups is 1. The van der Waals surface area contributed by atoms with Crippen LogP contribution in [0.3, 0.4) is 0 Å². The molecule has 0 unspecified atom stereocenters. The van der Waals surface area contributed by atoms with E-state index in [2.05, 4.69) is 10.6 Å². The molecule has 1 amide bonds. The van der Waals surface area contributed by atoms with Gasteiger partial charge < -0.3 is 15.4 Å². The zero-order chi connectivity index (χ0) is 17.4. The van der Waals surface area contributed by atoms with Gasteiger partial charge in [-0.3, -0.25) is 4.79 Å². The lowest BCUT2D eigenvalue weighted by atomic mass is 10.3. The number of hydrogen-bond donors (Lipinski definition) is 2. The van der Waals surface area contributed by atoms with E-state index in [1.807, 2.05) is 19.1 Å². The van der Waals surface area contributed by atoms with E-state index in [1.165, 1.54) is 0 Å². The van der Waals surface area contributed by atoms with Crippen LogP contribution in [0, 0.1) is 0 Å². The van der Waals surface area contributed by atoms with E-state index >= 15 is 0 Å². The summed E-state index contributed by atoms with van der Waals surface area (Å²) in [5.74, 6) is -2.22. The molecule has 2 rings (SSSR count). The largest absolute Gasteiger partial charge is 0.492 e. The number of benzene rings is 2. The highest BCUT2D eigenvalue weighted by Crippen LogP contribution is 2.31. The smallest absolute Gasteiger partial charge is 0.288 e. The third-order valence-corrected chi connectivity index (χ3v) is 3.79. The number of amides is 1. The Kier molecular flexibility index (Phi) is 6.87. The number of rotatable bonds is 8. The molecule has 0 aliphatic heterocycles. The molecule has 0 fully saturated rings.